The van der Waals surface area contributed by atoms with Crippen LogP contribution in [0.4, 0.5) is 0 Å². The van der Waals surface area contributed by atoms with Crippen LogP contribution in [0.3, 0.4) is 0 Å². The highest BCUT2D eigenvalue weighted by Crippen LogP contribution is 2.09. The van der Waals surface area contributed by atoms with Gasteiger partial charge in [0.25, 0.3) is 0 Å². The number of allylic oxidation sites excluding steroid dienone is 2. The van der Waals surface area contributed by atoms with Crippen LogP contribution in [0, 0.1) is 0 Å². The summed E-state index contributed by atoms with van der Waals surface area (Å²) in [6.45, 7) is 6.17. The van der Waals surface area contributed by atoms with E-state index in [4.69, 9.17) is 14.9 Å². The number of hydrogen-bond acceptors (Lipinski definition) is 3. The number of ether oxygens (including phenoxy) is 1. The Morgan fingerprint density at radius 2 is 1.00 bits per heavy atom. The number of hydrogen-bond donors (Lipinski definition) is 2. The minimum Gasteiger partial charge on any atom is -0.396 e. The lowest BCUT2D eigenvalue weighted by Gasteiger charge is -1.99. The van der Waals surface area contributed by atoms with E-state index in [1.807, 2.05) is 0 Å². The summed E-state index contributed by atoms with van der Waals surface area (Å²) in [5, 5.41) is 16.9. The van der Waals surface area contributed by atoms with E-state index < -0.39 is 0 Å². The van der Waals surface area contributed by atoms with Gasteiger partial charge in [0.05, 0.1) is 13.2 Å². The maximum Gasteiger partial charge on any atom is 0.0697 e. The molecule has 0 fully saturated rings. The van der Waals surface area contributed by atoms with E-state index in [0.717, 1.165) is 25.9 Å². The van der Waals surface area contributed by atoms with Crippen molar-refractivity contribution in [1.29, 1.82) is 0 Å². The minimum absolute atomic E-state index is 0.143. The van der Waals surface area contributed by atoms with Crippen molar-refractivity contribution >= 4 is 0 Å². The van der Waals surface area contributed by atoms with Gasteiger partial charge in [-0.05, 0) is 38.5 Å². The average Bonchev–Trinajstić information content (AvgIpc) is 2.69. The van der Waals surface area contributed by atoms with Crippen LogP contribution in [0.1, 0.15) is 117 Å². The summed E-state index contributed by atoms with van der Waals surface area (Å²) in [7, 11) is 0. The van der Waals surface area contributed by atoms with Gasteiger partial charge in [-0.3, -0.25) is 0 Å². The van der Waals surface area contributed by atoms with Crippen LogP contribution in [0.25, 0.3) is 0 Å². The zero-order chi connectivity index (χ0) is 20.3. The zero-order valence-corrected chi connectivity index (χ0v) is 18.6. The highest BCUT2D eigenvalue weighted by atomic mass is 16.5. The number of unbranched alkanes of at least 4 members (excludes halogenated alkanes) is 13. The number of aliphatic hydroxyl groups excluding tert-OH is 2. The van der Waals surface area contributed by atoms with Gasteiger partial charge in [-0.2, -0.15) is 0 Å². The summed E-state index contributed by atoms with van der Waals surface area (Å²) in [4.78, 5) is 0. The molecule has 3 heteroatoms. The average molecular weight is 387 g/mol. The van der Waals surface area contributed by atoms with Gasteiger partial charge in [-0.15, -0.1) is 0 Å². The molecule has 0 bridgehead atoms. The fraction of sp³-hybridized carbons (Fsp3) is 0.917. The Labute approximate surface area is 170 Å². The maximum atomic E-state index is 8.66. The summed E-state index contributed by atoms with van der Waals surface area (Å²) in [5.74, 6) is 0. The molecule has 0 aliphatic carbocycles. The summed E-state index contributed by atoms with van der Waals surface area (Å²) < 4.78 is 4.97. The molecular formula is C24H50O3. The molecule has 0 aromatic heterocycles. The normalized spacial score (nSPS) is 11.0. The molecule has 0 unspecified atom stereocenters. The van der Waals surface area contributed by atoms with Crippen LogP contribution in [-0.4, -0.2) is 36.6 Å². The van der Waals surface area contributed by atoms with Gasteiger partial charge >= 0.3 is 0 Å². The molecule has 27 heavy (non-hydrogen) atoms. The highest BCUT2D eigenvalue weighted by molar-refractivity contribution is 4.81. The molecule has 3 nitrogen and oxygen atoms in total. The topological polar surface area (TPSA) is 49.7 Å². The van der Waals surface area contributed by atoms with E-state index in [9.17, 15) is 0 Å². The second-order valence-corrected chi connectivity index (χ2v) is 7.35. The third kappa shape index (κ3) is 33.6. The minimum atomic E-state index is 0.143. The molecule has 0 rings (SSSR count). The van der Waals surface area contributed by atoms with Crippen molar-refractivity contribution in [2.24, 2.45) is 0 Å². The smallest absolute Gasteiger partial charge is 0.0697 e. The SMILES string of the molecule is CCCCCCCC/C=C\CCCCCCCCO.CCCCOCCO. The van der Waals surface area contributed by atoms with E-state index in [-0.39, 0.29) is 6.61 Å². The second kappa shape index (κ2) is 30.4. The van der Waals surface area contributed by atoms with Crippen LogP contribution in [0.5, 0.6) is 0 Å². The van der Waals surface area contributed by atoms with Crippen molar-refractivity contribution in [3.8, 4) is 0 Å². The van der Waals surface area contributed by atoms with Gasteiger partial charge < -0.3 is 14.9 Å². The van der Waals surface area contributed by atoms with Gasteiger partial charge in [-0.1, -0.05) is 90.2 Å². The Morgan fingerprint density at radius 1 is 0.519 bits per heavy atom. The summed E-state index contributed by atoms with van der Waals surface area (Å²) >= 11 is 0. The molecular weight excluding hydrogens is 336 g/mol. The first-order valence-corrected chi connectivity index (χ1v) is 11.8. The second-order valence-electron chi connectivity index (χ2n) is 7.35. The molecule has 0 aromatic rings. The van der Waals surface area contributed by atoms with Gasteiger partial charge in [0, 0.05) is 13.2 Å². The van der Waals surface area contributed by atoms with Crippen LogP contribution < -0.4 is 0 Å². The van der Waals surface area contributed by atoms with Gasteiger partial charge in [0.15, 0.2) is 0 Å². The molecule has 0 heterocycles. The fourth-order valence-corrected chi connectivity index (χ4v) is 2.77. The lowest BCUT2D eigenvalue weighted by Crippen LogP contribution is -1.99. The molecule has 0 spiro atoms. The van der Waals surface area contributed by atoms with Crippen LogP contribution >= 0.6 is 0 Å². The third-order valence-electron chi connectivity index (χ3n) is 4.55. The van der Waals surface area contributed by atoms with Gasteiger partial charge in [0.1, 0.15) is 0 Å². The van der Waals surface area contributed by atoms with Crippen molar-refractivity contribution in [2.75, 3.05) is 26.4 Å². The number of rotatable bonds is 20. The van der Waals surface area contributed by atoms with E-state index in [2.05, 4.69) is 26.0 Å². The van der Waals surface area contributed by atoms with Gasteiger partial charge in [-0.25, -0.2) is 0 Å². The van der Waals surface area contributed by atoms with Crippen LogP contribution in [0.2, 0.25) is 0 Å². The Hall–Kier alpha value is -0.380. The number of aliphatic hydroxyl groups is 2. The first-order chi connectivity index (χ1) is 13.3. The van der Waals surface area contributed by atoms with Crippen molar-refractivity contribution in [3.63, 3.8) is 0 Å². The first-order valence-electron chi connectivity index (χ1n) is 11.8. The molecule has 2 N–H and O–H groups in total. The molecule has 0 saturated carbocycles. The standard InChI is InChI=1S/C18H36O.C6H14O2/c1-2-3-4-5-6-7-8-9-10-11-12-13-14-15-16-17-18-19;1-2-3-5-8-6-4-7/h9-10,19H,2-8,11-18H2,1H3;7H,2-6H2,1H3/b10-9-;. The van der Waals surface area contributed by atoms with Gasteiger partial charge in [0.2, 0.25) is 0 Å². The maximum absolute atomic E-state index is 8.66. The van der Waals surface area contributed by atoms with Crippen molar-refractivity contribution in [1.82, 2.24) is 0 Å². The zero-order valence-electron chi connectivity index (χ0n) is 18.6. The van der Waals surface area contributed by atoms with Crippen LogP contribution in [0.15, 0.2) is 12.2 Å². The first kappa shape index (κ1) is 28.8. The van der Waals surface area contributed by atoms with E-state index >= 15 is 0 Å². The van der Waals surface area contributed by atoms with Crippen molar-refractivity contribution in [2.45, 2.75) is 117 Å². The molecule has 0 aliphatic heterocycles. The molecule has 0 saturated heterocycles. The van der Waals surface area contributed by atoms with Crippen molar-refractivity contribution < 1.29 is 14.9 Å². The summed E-state index contributed by atoms with van der Waals surface area (Å²) in [6, 6.07) is 0. The largest absolute Gasteiger partial charge is 0.396 e. The monoisotopic (exact) mass is 386 g/mol. The predicted molar refractivity (Wildman–Crippen MR) is 119 cm³/mol. The Bertz CT molecular complexity index is 248. The fourth-order valence-electron chi connectivity index (χ4n) is 2.77. The van der Waals surface area contributed by atoms with E-state index in [1.54, 1.807) is 0 Å². The third-order valence-corrected chi connectivity index (χ3v) is 4.55. The highest BCUT2D eigenvalue weighted by Gasteiger charge is 1.90. The predicted octanol–water partition coefficient (Wildman–Crippen LogP) is 6.81. The molecule has 0 aromatic carbocycles. The summed E-state index contributed by atoms with van der Waals surface area (Å²) in [5.41, 5.74) is 0. The molecule has 0 atom stereocenters. The van der Waals surface area contributed by atoms with Crippen molar-refractivity contribution in [3.05, 3.63) is 12.2 Å². The molecule has 0 amide bonds. The molecule has 0 aliphatic rings. The lowest BCUT2D eigenvalue weighted by atomic mass is 10.1. The van der Waals surface area contributed by atoms with Crippen LogP contribution in [-0.2, 0) is 4.74 Å². The summed E-state index contributed by atoms with van der Waals surface area (Å²) in [6.07, 6.45) is 25.5. The van der Waals surface area contributed by atoms with E-state index in [0.29, 0.717) is 13.2 Å². The Kier molecular flexibility index (Phi) is 32.4. The Morgan fingerprint density at radius 3 is 1.48 bits per heavy atom. The molecule has 164 valence electrons. The molecule has 0 radical (unpaired) electrons. The Balaban J connectivity index is 0. The quantitative estimate of drug-likeness (QED) is 0.178. The lowest BCUT2D eigenvalue weighted by molar-refractivity contribution is 0.0904. The van der Waals surface area contributed by atoms with E-state index in [1.165, 1.54) is 83.5 Å².